The Bertz CT molecular complexity index is 528. The highest BCUT2D eigenvalue weighted by Crippen LogP contribution is 2.11. The Morgan fingerprint density at radius 2 is 2.00 bits per heavy atom. The van der Waals surface area contributed by atoms with Crippen LogP contribution in [0.2, 0.25) is 0 Å². The van der Waals surface area contributed by atoms with E-state index in [0.29, 0.717) is 12.3 Å². The van der Waals surface area contributed by atoms with Crippen LogP contribution < -0.4 is 15.8 Å². The number of carbonyl (C=O) groups is 1. The number of sulfonamides is 1. The van der Waals surface area contributed by atoms with Crippen LogP contribution in [0, 0.1) is 0 Å². The van der Waals surface area contributed by atoms with Crippen LogP contribution in [-0.4, -0.2) is 40.3 Å². The molecule has 1 amide bonds. The minimum absolute atomic E-state index is 0.140. The molecule has 0 unspecified atom stereocenters. The summed E-state index contributed by atoms with van der Waals surface area (Å²) in [6, 6.07) is 7.26. The zero-order valence-electron chi connectivity index (χ0n) is 11.3. The van der Waals surface area contributed by atoms with E-state index < -0.39 is 15.9 Å². The molecule has 0 saturated heterocycles. The lowest BCUT2D eigenvalue weighted by Crippen LogP contribution is -2.83. The van der Waals surface area contributed by atoms with Gasteiger partial charge in [0.25, 0.3) is 5.91 Å². The summed E-state index contributed by atoms with van der Waals surface area (Å²) in [5.41, 5.74) is 6.04. The van der Waals surface area contributed by atoms with Gasteiger partial charge in [-0.2, -0.15) is 0 Å². The third kappa shape index (κ3) is 7.72. The summed E-state index contributed by atoms with van der Waals surface area (Å²) in [6.07, 6.45) is 1.08. The van der Waals surface area contributed by atoms with E-state index in [1.807, 2.05) is 17.4 Å². The van der Waals surface area contributed by atoms with Gasteiger partial charge in [-0.05, 0) is 24.3 Å². The lowest BCUT2D eigenvalue weighted by Gasteiger charge is -2.14. The van der Waals surface area contributed by atoms with E-state index in [1.165, 1.54) is 0 Å². The number of hydrogen-bond donors (Lipinski definition) is 2. The first-order chi connectivity index (χ1) is 9.37. The molecule has 0 aliphatic heterocycles. The van der Waals surface area contributed by atoms with Crippen molar-refractivity contribution in [2.45, 2.75) is 6.54 Å². The van der Waals surface area contributed by atoms with Crippen molar-refractivity contribution in [3.63, 3.8) is 0 Å². The number of nitrogens with two attached hydrogens (primary N) is 2. The lowest BCUT2D eigenvalue weighted by molar-refractivity contribution is -0.667. The topological polar surface area (TPSA) is 117 Å². The molecule has 4 N–H and O–H groups in total. The molecular weight excluding hydrogens is 282 g/mol. The van der Waals surface area contributed by atoms with Gasteiger partial charge in [-0.25, -0.2) is 8.42 Å². The van der Waals surface area contributed by atoms with E-state index >= 15 is 0 Å². The number of rotatable bonds is 9. The summed E-state index contributed by atoms with van der Waals surface area (Å²) in [6.45, 7) is 1.46. The van der Waals surface area contributed by atoms with Crippen molar-refractivity contribution in [1.29, 1.82) is 0 Å². The third-order valence-corrected chi connectivity index (χ3v) is 3.00. The molecule has 0 fully saturated rings. The first kappa shape index (κ1) is 16.4. The maximum Gasteiger partial charge on any atom is 0.255 e. The predicted molar refractivity (Wildman–Crippen MR) is 74.7 cm³/mol. The zero-order valence-corrected chi connectivity index (χ0v) is 12.1. The van der Waals surface area contributed by atoms with Crippen molar-refractivity contribution >= 4 is 15.9 Å². The molecule has 0 atom stereocenters. The second-order valence-electron chi connectivity index (χ2n) is 4.27. The molecule has 0 aliphatic carbocycles. The Morgan fingerprint density at radius 3 is 2.55 bits per heavy atom. The van der Waals surface area contributed by atoms with Gasteiger partial charge in [-0.1, -0.05) is 6.54 Å². The summed E-state index contributed by atoms with van der Waals surface area (Å²) in [5.74, 6) is 0.0664. The van der Waals surface area contributed by atoms with Gasteiger partial charge in [0.15, 0.2) is 6.61 Å². The van der Waals surface area contributed by atoms with Crippen LogP contribution in [0.4, 0.5) is 0 Å². The fourth-order valence-corrected chi connectivity index (χ4v) is 1.89. The highest BCUT2D eigenvalue weighted by atomic mass is 32.2. The largest absolute Gasteiger partial charge is 0.545 e. The highest BCUT2D eigenvalue weighted by Gasteiger charge is 1.99. The number of hydrogen-bond acceptors (Lipinski definition) is 4. The van der Waals surface area contributed by atoms with Gasteiger partial charge in [0.05, 0.1) is 16.6 Å². The van der Waals surface area contributed by atoms with Crippen LogP contribution in [0.15, 0.2) is 24.3 Å². The van der Waals surface area contributed by atoms with Crippen molar-refractivity contribution in [3.8, 4) is 5.75 Å². The van der Waals surface area contributed by atoms with E-state index in [-0.39, 0.29) is 13.2 Å². The van der Waals surface area contributed by atoms with Crippen molar-refractivity contribution < 1.29 is 23.3 Å². The molecule has 0 heterocycles. The average Bonchev–Trinajstić information content (AvgIpc) is 2.36. The van der Waals surface area contributed by atoms with Crippen molar-refractivity contribution in [3.05, 3.63) is 34.6 Å². The lowest BCUT2D eigenvalue weighted by atomic mass is 10.2. The number of quaternary nitrogens is 1. The number of nitrogens with zero attached hydrogens (tertiary/aromatic N) is 1. The molecule has 1 aromatic carbocycles. The summed E-state index contributed by atoms with van der Waals surface area (Å²) in [7, 11) is -3.24. The molecular formula is C12H19N3O4S. The Morgan fingerprint density at radius 1 is 1.35 bits per heavy atom. The second-order valence-corrected chi connectivity index (χ2v) is 5.99. The molecule has 0 bridgehead atoms. The molecule has 0 spiro atoms. The van der Waals surface area contributed by atoms with E-state index in [9.17, 15) is 13.2 Å². The van der Waals surface area contributed by atoms with Crippen LogP contribution in [0.25, 0.3) is 4.72 Å². The zero-order chi connectivity index (χ0) is 15.0. The minimum Gasteiger partial charge on any atom is -0.545 e. The van der Waals surface area contributed by atoms with Gasteiger partial charge in [-0.15, -0.1) is 0 Å². The second kappa shape index (κ2) is 7.83. The molecule has 112 valence electrons. The number of primary amides is 1. The molecule has 7 nitrogen and oxygen atoms in total. The molecule has 1 rings (SSSR count). The Kier molecular flexibility index (Phi) is 6.43. The molecule has 0 radical (unpaired) electrons. The van der Waals surface area contributed by atoms with E-state index in [2.05, 4.69) is 4.72 Å². The Labute approximate surface area is 118 Å². The molecule has 0 saturated carbocycles. The fourth-order valence-electron chi connectivity index (χ4n) is 1.45. The summed E-state index contributed by atoms with van der Waals surface area (Å²) in [4.78, 5) is 10.6. The number of amides is 1. The van der Waals surface area contributed by atoms with Crippen LogP contribution >= 0.6 is 0 Å². The van der Waals surface area contributed by atoms with Crippen molar-refractivity contribution in [2.24, 2.45) is 5.73 Å². The van der Waals surface area contributed by atoms with Crippen LogP contribution in [-0.2, 0) is 21.4 Å². The number of carbonyl (C=O) groups excluding carboxylic acids is 1. The summed E-state index contributed by atoms with van der Waals surface area (Å²) in [5, 5.41) is 1.97. The predicted octanol–water partition coefficient (Wildman–Crippen LogP) is -1.05. The average molecular weight is 301 g/mol. The summed E-state index contributed by atoms with van der Waals surface area (Å²) >= 11 is 0. The standard InChI is InChI=1S/C12H18N3O4S/c1-20(17,18)15-7-6-14-8-10-2-4-11(5-3-10)19-9-12(13)16/h2-5,14H,6-9H2,1H3,(H2,13,16)/q-1/p+1. The highest BCUT2D eigenvalue weighted by molar-refractivity contribution is 7.93. The van der Waals surface area contributed by atoms with Gasteiger partial charge >= 0.3 is 0 Å². The van der Waals surface area contributed by atoms with Gasteiger partial charge < -0.3 is 20.5 Å². The van der Waals surface area contributed by atoms with E-state index in [0.717, 1.165) is 18.4 Å². The molecule has 1 aromatic rings. The van der Waals surface area contributed by atoms with Crippen LogP contribution in [0.1, 0.15) is 5.56 Å². The minimum atomic E-state index is -3.24. The first-order valence-corrected chi connectivity index (χ1v) is 7.92. The van der Waals surface area contributed by atoms with E-state index in [4.69, 9.17) is 10.5 Å². The maximum absolute atomic E-state index is 10.8. The monoisotopic (exact) mass is 301 g/mol. The van der Waals surface area contributed by atoms with Gasteiger partial charge in [0.2, 0.25) is 0 Å². The summed E-state index contributed by atoms with van der Waals surface area (Å²) < 4.78 is 30.2. The molecule has 20 heavy (non-hydrogen) atoms. The smallest absolute Gasteiger partial charge is 0.255 e. The molecule has 0 aromatic heterocycles. The number of ether oxygens (including phenoxy) is 1. The van der Waals surface area contributed by atoms with Crippen molar-refractivity contribution in [1.82, 2.24) is 0 Å². The van der Waals surface area contributed by atoms with Gasteiger partial charge in [0, 0.05) is 11.8 Å². The van der Waals surface area contributed by atoms with Gasteiger partial charge in [0.1, 0.15) is 12.3 Å². The fraction of sp³-hybridized carbons (Fsp3) is 0.417. The first-order valence-electron chi connectivity index (χ1n) is 6.07. The van der Waals surface area contributed by atoms with Gasteiger partial charge in [-0.3, -0.25) is 4.79 Å². The molecule has 0 aliphatic rings. The Balaban J connectivity index is 2.26. The SMILES string of the molecule is CS(=O)(=O)[N-]CC[NH2+]Cc1ccc(OCC(N)=O)cc1. The van der Waals surface area contributed by atoms with Crippen molar-refractivity contribution in [2.75, 3.05) is 26.0 Å². The molecule has 8 heteroatoms. The Hall–Kier alpha value is -1.64. The maximum atomic E-state index is 10.8. The van der Waals surface area contributed by atoms with Crippen LogP contribution in [0.5, 0.6) is 5.75 Å². The third-order valence-electron chi connectivity index (χ3n) is 2.34. The normalized spacial score (nSPS) is 11.2. The number of benzene rings is 1. The van der Waals surface area contributed by atoms with E-state index in [1.54, 1.807) is 12.1 Å². The quantitative estimate of drug-likeness (QED) is 0.566. The van der Waals surface area contributed by atoms with Crippen LogP contribution in [0.3, 0.4) is 0 Å².